The SMILES string of the molecule is CC(F)(c1cccs1)C1CCCNC1. The van der Waals surface area contributed by atoms with Gasteiger partial charge in [0.25, 0.3) is 0 Å². The molecule has 2 atom stereocenters. The molecule has 1 aliphatic rings. The minimum atomic E-state index is -1.15. The zero-order chi connectivity index (χ0) is 10.0. The number of nitrogens with one attached hydrogen (secondary N) is 1. The minimum absolute atomic E-state index is 0.134. The first-order valence-electron chi connectivity index (χ1n) is 5.15. The number of hydrogen-bond donors (Lipinski definition) is 1. The molecular weight excluding hydrogens is 197 g/mol. The van der Waals surface area contributed by atoms with Crippen LogP contribution in [0.5, 0.6) is 0 Å². The Morgan fingerprint density at radius 1 is 1.64 bits per heavy atom. The fourth-order valence-electron chi connectivity index (χ4n) is 2.07. The Bertz CT molecular complexity index is 275. The molecule has 0 radical (unpaired) electrons. The van der Waals surface area contributed by atoms with Gasteiger partial charge in [0, 0.05) is 17.3 Å². The van der Waals surface area contributed by atoms with Gasteiger partial charge in [-0.1, -0.05) is 6.07 Å². The molecular formula is C11H16FNS. The van der Waals surface area contributed by atoms with E-state index in [-0.39, 0.29) is 5.92 Å². The van der Waals surface area contributed by atoms with E-state index in [0.29, 0.717) is 0 Å². The first-order valence-corrected chi connectivity index (χ1v) is 6.03. The van der Waals surface area contributed by atoms with Crippen molar-refractivity contribution in [2.45, 2.75) is 25.4 Å². The van der Waals surface area contributed by atoms with E-state index in [1.165, 1.54) is 11.3 Å². The van der Waals surface area contributed by atoms with Crippen molar-refractivity contribution in [3.63, 3.8) is 0 Å². The van der Waals surface area contributed by atoms with Crippen LogP contribution < -0.4 is 5.32 Å². The van der Waals surface area contributed by atoms with Crippen molar-refractivity contribution in [2.75, 3.05) is 13.1 Å². The van der Waals surface area contributed by atoms with Gasteiger partial charge in [0.2, 0.25) is 0 Å². The number of halogens is 1. The molecule has 2 heterocycles. The van der Waals surface area contributed by atoms with E-state index in [2.05, 4.69) is 5.32 Å². The number of thiophene rings is 1. The van der Waals surface area contributed by atoms with Gasteiger partial charge in [-0.3, -0.25) is 0 Å². The summed E-state index contributed by atoms with van der Waals surface area (Å²) in [5, 5.41) is 5.22. The minimum Gasteiger partial charge on any atom is -0.316 e. The molecule has 0 aliphatic carbocycles. The first kappa shape index (κ1) is 10.1. The summed E-state index contributed by atoms with van der Waals surface area (Å²) < 4.78 is 14.5. The van der Waals surface area contributed by atoms with Gasteiger partial charge in [-0.15, -0.1) is 11.3 Å². The van der Waals surface area contributed by atoms with Crippen LogP contribution in [0.3, 0.4) is 0 Å². The molecule has 78 valence electrons. The van der Waals surface area contributed by atoms with Crippen LogP contribution >= 0.6 is 11.3 Å². The van der Waals surface area contributed by atoms with Gasteiger partial charge in [0.05, 0.1) is 0 Å². The standard InChI is InChI=1S/C11H16FNS/c1-11(12,10-5-3-7-14-10)9-4-2-6-13-8-9/h3,5,7,9,13H,2,4,6,8H2,1H3. The summed E-state index contributed by atoms with van der Waals surface area (Å²) in [7, 11) is 0. The maximum absolute atomic E-state index is 14.5. The topological polar surface area (TPSA) is 12.0 Å². The van der Waals surface area contributed by atoms with Gasteiger partial charge in [0.15, 0.2) is 0 Å². The van der Waals surface area contributed by atoms with Crippen molar-refractivity contribution in [1.82, 2.24) is 5.32 Å². The molecule has 0 bridgehead atoms. The van der Waals surface area contributed by atoms with Crippen molar-refractivity contribution < 1.29 is 4.39 Å². The Kier molecular flexibility index (Phi) is 2.88. The Balaban J connectivity index is 2.14. The van der Waals surface area contributed by atoms with Crippen LogP contribution in [-0.2, 0) is 5.67 Å². The van der Waals surface area contributed by atoms with Gasteiger partial charge < -0.3 is 5.32 Å². The van der Waals surface area contributed by atoms with Gasteiger partial charge in [0.1, 0.15) is 5.67 Å². The maximum atomic E-state index is 14.5. The predicted molar refractivity (Wildman–Crippen MR) is 58.4 cm³/mol. The molecule has 1 fully saturated rings. The molecule has 2 rings (SSSR count). The van der Waals surface area contributed by atoms with E-state index < -0.39 is 5.67 Å². The fourth-order valence-corrected chi connectivity index (χ4v) is 2.93. The van der Waals surface area contributed by atoms with Crippen molar-refractivity contribution in [1.29, 1.82) is 0 Å². The lowest BCUT2D eigenvalue weighted by atomic mass is 9.84. The van der Waals surface area contributed by atoms with Gasteiger partial charge >= 0.3 is 0 Å². The van der Waals surface area contributed by atoms with Crippen LogP contribution in [-0.4, -0.2) is 13.1 Å². The molecule has 0 aromatic carbocycles. The van der Waals surface area contributed by atoms with Crippen LogP contribution in [0.2, 0.25) is 0 Å². The highest BCUT2D eigenvalue weighted by molar-refractivity contribution is 7.10. The lowest BCUT2D eigenvalue weighted by molar-refractivity contribution is 0.0850. The highest BCUT2D eigenvalue weighted by Gasteiger charge is 2.37. The number of rotatable bonds is 2. The van der Waals surface area contributed by atoms with Crippen molar-refractivity contribution in [3.05, 3.63) is 22.4 Å². The zero-order valence-corrected chi connectivity index (χ0v) is 9.24. The van der Waals surface area contributed by atoms with E-state index >= 15 is 0 Å². The van der Waals surface area contributed by atoms with Crippen molar-refractivity contribution in [3.8, 4) is 0 Å². The average molecular weight is 213 g/mol. The maximum Gasteiger partial charge on any atom is 0.146 e. The third kappa shape index (κ3) is 1.84. The third-order valence-corrected chi connectivity index (χ3v) is 4.15. The molecule has 0 amide bonds. The van der Waals surface area contributed by atoms with E-state index in [1.54, 1.807) is 6.92 Å². The van der Waals surface area contributed by atoms with Crippen LogP contribution in [0.25, 0.3) is 0 Å². The zero-order valence-electron chi connectivity index (χ0n) is 8.42. The smallest absolute Gasteiger partial charge is 0.146 e. The van der Waals surface area contributed by atoms with E-state index in [1.807, 2.05) is 17.5 Å². The molecule has 1 aromatic rings. The summed E-state index contributed by atoms with van der Waals surface area (Å²) >= 11 is 1.52. The molecule has 14 heavy (non-hydrogen) atoms. The molecule has 1 nitrogen and oxygen atoms in total. The second kappa shape index (κ2) is 3.99. The second-order valence-corrected chi connectivity index (χ2v) is 5.04. The van der Waals surface area contributed by atoms with Crippen LogP contribution in [0.15, 0.2) is 17.5 Å². The summed E-state index contributed by atoms with van der Waals surface area (Å²) in [4.78, 5) is 0.867. The number of hydrogen-bond acceptors (Lipinski definition) is 2. The van der Waals surface area contributed by atoms with Crippen molar-refractivity contribution >= 4 is 11.3 Å². The van der Waals surface area contributed by atoms with Gasteiger partial charge in [-0.25, -0.2) is 4.39 Å². The largest absolute Gasteiger partial charge is 0.316 e. The fraction of sp³-hybridized carbons (Fsp3) is 0.636. The van der Waals surface area contributed by atoms with Crippen molar-refractivity contribution in [2.24, 2.45) is 5.92 Å². The number of piperidine rings is 1. The van der Waals surface area contributed by atoms with E-state index in [0.717, 1.165) is 30.8 Å². The lowest BCUT2D eigenvalue weighted by Crippen LogP contribution is -2.39. The summed E-state index contributed by atoms with van der Waals surface area (Å²) in [6, 6.07) is 3.83. The van der Waals surface area contributed by atoms with E-state index in [9.17, 15) is 4.39 Å². The first-order chi connectivity index (χ1) is 6.71. The third-order valence-electron chi connectivity index (χ3n) is 3.07. The summed E-state index contributed by atoms with van der Waals surface area (Å²) in [5.74, 6) is 0.134. The molecule has 3 heteroatoms. The Morgan fingerprint density at radius 3 is 3.07 bits per heavy atom. The summed E-state index contributed by atoms with van der Waals surface area (Å²) in [6.07, 6.45) is 2.09. The van der Waals surface area contributed by atoms with Gasteiger partial charge in [-0.05, 0) is 37.8 Å². The Labute approximate surface area is 88.3 Å². The second-order valence-electron chi connectivity index (χ2n) is 4.10. The molecule has 1 saturated heterocycles. The molecule has 0 spiro atoms. The monoisotopic (exact) mass is 213 g/mol. The Morgan fingerprint density at radius 2 is 2.50 bits per heavy atom. The molecule has 1 aliphatic heterocycles. The highest BCUT2D eigenvalue weighted by atomic mass is 32.1. The van der Waals surface area contributed by atoms with Crippen LogP contribution in [0.1, 0.15) is 24.6 Å². The molecule has 1 aromatic heterocycles. The van der Waals surface area contributed by atoms with Crippen LogP contribution in [0.4, 0.5) is 4.39 Å². The highest BCUT2D eigenvalue weighted by Crippen LogP contribution is 2.39. The Hall–Kier alpha value is -0.410. The lowest BCUT2D eigenvalue weighted by Gasteiger charge is -2.33. The molecule has 2 unspecified atom stereocenters. The van der Waals surface area contributed by atoms with E-state index in [4.69, 9.17) is 0 Å². The molecule has 0 saturated carbocycles. The van der Waals surface area contributed by atoms with Gasteiger partial charge in [-0.2, -0.15) is 0 Å². The average Bonchev–Trinajstić information content (AvgIpc) is 2.72. The summed E-state index contributed by atoms with van der Waals surface area (Å²) in [5.41, 5.74) is -1.15. The normalized spacial score (nSPS) is 27.1. The van der Waals surface area contributed by atoms with Crippen LogP contribution in [0, 0.1) is 5.92 Å². The predicted octanol–water partition coefficient (Wildman–Crippen LogP) is 2.93. The molecule has 1 N–H and O–H groups in total. The number of alkyl halides is 1. The quantitative estimate of drug-likeness (QED) is 0.796. The summed E-state index contributed by atoms with van der Waals surface area (Å²) in [6.45, 7) is 3.57.